The van der Waals surface area contributed by atoms with Gasteiger partial charge in [0, 0.05) is 6.54 Å². The molecule has 0 saturated carbocycles. The van der Waals surface area contributed by atoms with Gasteiger partial charge in [0.1, 0.15) is 6.42 Å². The number of hydrogen-bond acceptors (Lipinski definition) is 3. The number of nitriles is 1. The molecule has 1 saturated heterocycles. The Morgan fingerprint density at radius 1 is 1.75 bits per heavy atom. The van der Waals surface area contributed by atoms with Gasteiger partial charge in [-0.3, -0.25) is 4.79 Å². The van der Waals surface area contributed by atoms with Crippen LogP contribution in [0.25, 0.3) is 0 Å². The Morgan fingerprint density at radius 2 is 2.58 bits per heavy atom. The number of amides is 1. The molecule has 0 bridgehead atoms. The monoisotopic (exact) mass is 167 g/mol. The highest BCUT2D eigenvalue weighted by Crippen LogP contribution is 2.04. The average molecular weight is 167 g/mol. The number of carbonyl (C=O) groups excluding carboxylic acids is 1. The standard InChI is InChI=1S/C8H13N3O/c9-3-1-8(12)11-6-7-2-4-10-5-7/h7,10H,1-2,4-6H2,(H,11,12). The van der Waals surface area contributed by atoms with E-state index in [1.807, 2.05) is 6.07 Å². The molecule has 1 aliphatic heterocycles. The van der Waals surface area contributed by atoms with Crippen LogP contribution in [-0.4, -0.2) is 25.5 Å². The van der Waals surface area contributed by atoms with Gasteiger partial charge >= 0.3 is 0 Å². The second-order valence-electron chi connectivity index (χ2n) is 3.00. The summed E-state index contributed by atoms with van der Waals surface area (Å²) in [5, 5.41) is 14.1. The fourth-order valence-corrected chi connectivity index (χ4v) is 1.28. The van der Waals surface area contributed by atoms with E-state index in [1.165, 1.54) is 0 Å². The number of hydrogen-bond donors (Lipinski definition) is 2. The fourth-order valence-electron chi connectivity index (χ4n) is 1.28. The number of carbonyl (C=O) groups is 1. The molecule has 0 spiro atoms. The Morgan fingerprint density at radius 3 is 3.17 bits per heavy atom. The van der Waals surface area contributed by atoms with Gasteiger partial charge < -0.3 is 10.6 Å². The smallest absolute Gasteiger partial charge is 0.234 e. The van der Waals surface area contributed by atoms with Crippen LogP contribution < -0.4 is 10.6 Å². The van der Waals surface area contributed by atoms with Crippen molar-refractivity contribution in [3.05, 3.63) is 0 Å². The predicted molar refractivity (Wildman–Crippen MR) is 44.2 cm³/mol. The van der Waals surface area contributed by atoms with Gasteiger partial charge in [-0.25, -0.2) is 0 Å². The van der Waals surface area contributed by atoms with Gasteiger partial charge in [0.05, 0.1) is 6.07 Å². The quantitative estimate of drug-likeness (QED) is 0.602. The molecule has 12 heavy (non-hydrogen) atoms. The lowest BCUT2D eigenvalue weighted by Gasteiger charge is -2.07. The summed E-state index contributed by atoms with van der Waals surface area (Å²) in [4.78, 5) is 10.8. The summed E-state index contributed by atoms with van der Waals surface area (Å²) in [6, 6.07) is 1.82. The van der Waals surface area contributed by atoms with E-state index in [-0.39, 0.29) is 12.3 Å². The molecule has 0 aromatic carbocycles. The molecule has 1 rings (SSSR count). The van der Waals surface area contributed by atoms with E-state index in [2.05, 4.69) is 10.6 Å². The first-order chi connectivity index (χ1) is 5.83. The summed E-state index contributed by atoms with van der Waals surface area (Å²) in [6.07, 6.45) is 1.09. The minimum atomic E-state index is -0.163. The van der Waals surface area contributed by atoms with Crippen LogP contribution in [0.5, 0.6) is 0 Å². The summed E-state index contributed by atoms with van der Waals surface area (Å²) < 4.78 is 0. The van der Waals surface area contributed by atoms with Crippen LogP contribution in [-0.2, 0) is 4.79 Å². The molecule has 1 amide bonds. The lowest BCUT2D eigenvalue weighted by Crippen LogP contribution is -2.29. The third-order valence-corrected chi connectivity index (χ3v) is 1.99. The van der Waals surface area contributed by atoms with Gasteiger partial charge in [-0.05, 0) is 25.4 Å². The van der Waals surface area contributed by atoms with Crippen LogP contribution in [0.4, 0.5) is 0 Å². The molecule has 66 valence electrons. The first-order valence-electron chi connectivity index (χ1n) is 4.17. The Hall–Kier alpha value is -1.08. The van der Waals surface area contributed by atoms with Crippen molar-refractivity contribution in [3.63, 3.8) is 0 Å². The predicted octanol–water partition coefficient (Wildman–Crippen LogP) is -0.374. The molecule has 0 aromatic heterocycles. The third kappa shape index (κ3) is 2.89. The van der Waals surface area contributed by atoms with Gasteiger partial charge in [-0.1, -0.05) is 0 Å². The number of nitrogens with zero attached hydrogens (tertiary/aromatic N) is 1. The van der Waals surface area contributed by atoms with Gasteiger partial charge in [-0.2, -0.15) is 5.26 Å². The van der Waals surface area contributed by atoms with Crippen molar-refractivity contribution in [3.8, 4) is 6.07 Å². The van der Waals surface area contributed by atoms with Crippen LogP contribution in [0.1, 0.15) is 12.8 Å². The minimum absolute atomic E-state index is 0.0276. The molecule has 1 unspecified atom stereocenters. The van der Waals surface area contributed by atoms with E-state index in [0.717, 1.165) is 19.5 Å². The number of rotatable bonds is 3. The SMILES string of the molecule is N#CCC(=O)NCC1CCNC1. The highest BCUT2D eigenvalue weighted by molar-refractivity contribution is 5.77. The van der Waals surface area contributed by atoms with Gasteiger partial charge in [0.15, 0.2) is 0 Å². The lowest BCUT2D eigenvalue weighted by molar-refractivity contribution is -0.120. The summed E-state index contributed by atoms with van der Waals surface area (Å²) in [6.45, 7) is 2.72. The molecule has 0 aliphatic carbocycles. The van der Waals surface area contributed by atoms with Gasteiger partial charge in [-0.15, -0.1) is 0 Å². The molecular weight excluding hydrogens is 154 g/mol. The van der Waals surface area contributed by atoms with Crippen LogP contribution >= 0.6 is 0 Å². The summed E-state index contributed by atoms with van der Waals surface area (Å²) in [7, 11) is 0. The van der Waals surface area contributed by atoms with E-state index in [1.54, 1.807) is 0 Å². The molecule has 4 heteroatoms. The number of nitrogens with one attached hydrogen (secondary N) is 2. The van der Waals surface area contributed by atoms with Crippen molar-refractivity contribution in [1.82, 2.24) is 10.6 Å². The zero-order valence-corrected chi connectivity index (χ0v) is 6.97. The van der Waals surface area contributed by atoms with Crippen molar-refractivity contribution in [2.24, 2.45) is 5.92 Å². The van der Waals surface area contributed by atoms with E-state index in [9.17, 15) is 4.79 Å². The Bertz CT molecular complexity index is 191. The van der Waals surface area contributed by atoms with Crippen molar-refractivity contribution >= 4 is 5.91 Å². The molecule has 1 fully saturated rings. The highest BCUT2D eigenvalue weighted by Gasteiger charge is 2.14. The van der Waals surface area contributed by atoms with E-state index < -0.39 is 0 Å². The maximum Gasteiger partial charge on any atom is 0.234 e. The summed E-state index contributed by atoms with van der Waals surface area (Å²) in [5.74, 6) is 0.386. The molecular formula is C8H13N3O. The largest absolute Gasteiger partial charge is 0.355 e. The Labute approximate surface area is 71.9 Å². The zero-order chi connectivity index (χ0) is 8.81. The van der Waals surface area contributed by atoms with Crippen LogP contribution in [0.3, 0.4) is 0 Å². The first-order valence-corrected chi connectivity index (χ1v) is 4.17. The lowest BCUT2D eigenvalue weighted by atomic mass is 10.1. The van der Waals surface area contributed by atoms with Crippen molar-refractivity contribution in [1.29, 1.82) is 5.26 Å². The normalized spacial score (nSPS) is 21.8. The second-order valence-corrected chi connectivity index (χ2v) is 3.00. The third-order valence-electron chi connectivity index (χ3n) is 1.99. The van der Waals surface area contributed by atoms with Crippen LogP contribution in [0, 0.1) is 17.2 Å². The van der Waals surface area contributed by atoms with Gasteiger partial charge in [0.25, 0.3) is 0 Å². The first kappa shape index (κ1) is 9.01. The van der Waals surface area contributed by atoms with Crippen molar-refractivity contribution in [2.75, 3.05) is 19.6 Å². The Balaban J connectivity index is 2.08. The maximum atomic E-state index is 10.8. The van der Waals surface area contributed by atoms with E-state index in [4.69, 9.17) is 5.26 Å². The molecule has 0 radical (unpaired) electrons. The van der Waals surface area contributed by atoms with E-state index >= 15 is 0 Å². The maximum absolute atomic E-state index is 10.8. The highest BCUT2D eigenvalue weighted by atomic mass is 16.1. The average Bonchev–Trinajstić information content (AvgIpc) is 2.53. The molecule has 1 heterocycles. The molecule has 1 atom stereocenters. The zero-order valence-electron chi connectivity index (χ0n) is 6.97. The van der Waals surface area contributed by atoms with Crippen LogP contribution in [0.2, 0.25) is 0 Å². The molecule has 0 aromatic rings. The van der Waals surface area contributed by atoms with E-state index in [0.29, 0.717) is 12.5 Å². The van der Waals surface area contributed by atoms with Gasteiger partial charge in [0.2, 0.25) is 5.91 Å². The van der Waals surface area contributed by atoms with Crippen LogP contribution in [0.15, 0.2) is 0 Å². The summed E-state index contributed by atoms with van der Waals surface area (Å²) >= 11 is 0. The molecule has 1 aliphatic rings. The molecule has 4 nitrogen and oxygen atoms in total. The minimum Gasteiger partial charge on any atom is -0.355 e. The molecule has 2 N–H and O–H groups in total. The fraction of sp³-hybridized carbons (Fsp3) is 0.750. The second kappa shape index (κ2) is 4.73. The summed E-state index contributed by atoms with van der Waals surface area (Å²) in [5.41, 5.74) is 0. The topological polar surface area (TPSA) is 64.9 Å². The van der Waals surface area contributed by atoms with Crippen molar-refractivity contribution < 1.29 is 4.79 Å². The van der Waals surface area contributed by atoms with Crippen molar-refractivity contribution in [2.45, 2.75) is 12.8 Å². The Kier molecular flexibility index (Phi) is 3.55.